The van der Waals surface area contributed by atoms with Crippen molar-refractivity contribution in [3.63, 3.8) is 0 Å². The van der Waals surface area contributed by atoms with E-state index in [4.69, 9.17) is 0 Å². The number of thioether (sulfide) groups is 1. The first-order valence-electron chi connectivity index (χ1n) is 6.18. The number of anilines is 1. The lowest BCUT2D eigenvalue weighted by atomic mass is 10.4. The van der Waals surface area contributed by atoms with Gasteiger partial charge in [0.2, 0.25) is 11.1 Å². The molecule has 9 heteroatoms. The van der Waals surface area contributed by atoms with E-state index in [1.54, 1.807) is 16.4 Å². The number of hydrogen-bond acceptors (Lipinski definition) is 6. The molecule has 2 rings (SSSR count). The van der Waals surface area contributed by atoms with Crippen LogP contribution in [0, 0.1) is 6.92 Å². The largest absolute Gasteiger partial charge is 0.310 e. The van der Waals surface area contributed by atoms with Gasteiger partial charge in [0.1, 0.15) is 5.82 Å². The highest BCUT2D eigenvalue weighted by molar-refractivity contribution is 7.99. The molecule has 0 aliphatic rings. The van der Waals surface area contributed by atoms with Crippen LogP contribution in [0.25, 0.3) is 0 Å². The lowest BCUT2D eigenvalue weighted by Gasteiger charge is -2.07. The number of aromatic nitrogens is 6. The Morgan fingerprint density at radius 3 is 2.85 bits per heavy atom. The van der Waals surface area contributed by atoms with Crippen LogP contribution in [0.1, 0.15) is 25.6 Å². The van der Waals surface area contributed by atoms with Gasteiger partial charge in [-0.2, -0.15) is 5.10 Å². The number of aryl methyl sites for hydroxylation is 2. The van der Waals surface area contributed by atoms with Crippen LogP contribution in [0.2, 0.25) is 0 Å². The second-order valence-corrected chi connectivity index (χ2v) is 5.57. The van der Waals surface area contributed by atoms with Gasteiger partial charge in [0, 0.05) is 13.1 Å². The van der Waals surface area contributed by atoms with Crippen molar-refractivity contribution >= 4 is 23.5 Å². The normalized spacial score (nSPS) is 11.1. The average Bonchev–Trinajstić information content (AvgIpc) is 2.94. The summed E-state index contributed by atoms with van der Waals surface area (Å²) >= 11 is 1.31. The fourth-order valence-corrected chi connectivity index (χ4v) is 2.45. The maximum absolute atomic E-state index is 11.9. The van der Waals surface area contributed by atoms with Crippen LogP contribution in [0.4, 0.5) is 5.82 Å². The minimum atomic E-state index is -0.115. The first-order valence-corrected chi connectivity index (χ1v) is 7.17. The summed E-state index contributed by atoms with van der Waals surface area (Å²) in [5, 5.41) is 19.0. The molecule has 1 N–H and O–H groups in total. The van der Waals surface area contributed by atoms with Crippen LogP contribution in [0.3, 0.4) is 0 Å². The van der Waals surface area contributed by atoms with Gasteiger partial charge in [-0.3, -0.25) is 9.48 Å². The third-order valence-corrected chi connectivity index (χ3v) is 3.49. The zero-order chi connectivity index (χ0) is 14.7. The van der Waals surface area contributed by atoms with E-state index in [-0.39, 0.29) is 17.7 Å². The topological polar surface area (TPSA) is 90.5 Å². The highest BCUT2D eigenvalue weighted by atomic mass is 32.2. The van der Waals surface area contributed by atoms with Crippen molar-refractivity contribution in [2.24, 2.45) is 7.05 Å². The Bertz CT molecular complexity index is 604. The molecule has 2 aromatic heterocycles. The van der Waals surface area contributed by atoms with Crippen LogP contribution in [0.15, 0.2) is 11.2 Å². The number of carbonyl (C=O) groups is 1. The highest BCUT2D eigenvalue weighted by Gasteiger charge is 2.13. The molecule has 0 radical (unpaired) electrons. The van der Waals surface area contributed by atoms with Gasteiger partial charge in [-0.25, -0.2) is 4.68 Å². The van der Waals surface area contributed by atoms with Crippen molar-refractivity contribution in [3.8, 4) is 0 Å². The van der Waals surface area contributed by atoms with E-state index in [2.05, 4.69) is 25.9 Å². The molecule has 0 bridgehead atoms. The predicted molar refractivity (Wildman–Crippen MR) is 75.5 cm³/mol. The smallest absolute Gasteiger partial charge is 0.235 e. The molecule has 0 atom stereocenters. The first-order chi connectivity index (χ1) is 9.47. The summed E-state index contributed by atoms with van der Waals surface area (Å²) in [4.78, 5) is 11.9. The summed E-state index contributed by atoms with van der Waals surface area (Å²) in [5.41, 5.74) is 0.860. The predicted octanol–water partition coefficient (Wildman–Crippen LogP) is 1.03. The standard InChI is InChI=1S/C11H17N7OS/c1-7(2)18-11(13-15-16-18)20-6-10(19)12-9-5-8(3)14-17(9)4/h5,7H,6H2,1-4H3,(H,12,19). The minimum Gasteiger partial charge on any atom is -0.310 e. The van der Waals surface area contributed by atoms with Crippen LogP contribution < -0.4 is 5.32 Å². The number of hydrogen-bond donors (Lipinski definition) is 1. The number of carbonyl (C=O) groups excluding carboxylic acids is 1. The Morgan fingerprint density at radius 2 is 2.25 bits per heavy atom. The molecule has 2 aromatic rings. The second-order valence-electron chi connectivity index (χ2n) is 4.63. The van der Waals surface area contributed by atoms with Gasteiger partial charge in [-0.1, -0.05) is 11.8 Å². The average molecular weight is 295 g/mol. The molecule has 0 unspecified atom stereocenters. The maximum atomic E-state index is 11.9. The molecule has 0 aromatic carbocycles. The molecule has 2 heterocycles. The van der Waals surface area contributed by atoms with Gasteiger partial charge in [-0.05, 0) is 31.2 Å². The lowest BCUT2D eigenvalue weighted by Crippen LogP contribution is -2.17. The number of nitrogens with zero attached hydrogens (tertiary/aromatic N) is 6. The van der Waals surface area contributed by atoms with Gasteiger partial charge >= 0.3 is 0 Å². The van der Waals surface area contributed by atoms with E-state index in [0.29, 0.717) is 11.0 Å². The zero-order valence-corrected chi connectivity index (χ0v) is 12.7. The molecule has 108 valence electrons. The molecular formula is C11H17N7OS. The summed E-state index contributed by atoms with van der Waals surface area (Å²) in [6.45, 7) is 5.85. The molecule has 0 spiro atoms. The fourth-order valence-electron chi connectivity index (χ4n) is 1.64. The van der Waals surface area contributed by atoms with Gasteiger partial charge in [0.25, 0.3) is 0 Å². The zero-order valence-electron chi connectivity index (χ0n) is 11.9. The number of tetrazole rings is 1. The Kier molecular flexibility index (Phi) is 4.38. The van der Waals surface area contributed by atoms with Crippen molar-refractivity contribution in [3.05, 3.63) is 11.8 Å². The van der Waals surface area contributed by atoms with Gasteiger partial charge in [0.05, 0.1) is 17.5 Å². The van der Waals surface area contributed by atoms with Gasteiger partial charge < -0.3 is 5.32 Å². The van der Waals surface area contributed by atoms with Crippen molar-refractivity contribution in [1.29, 1.82) is 0 Å². The first kappa shape index (κ1) is 14.5. The van der Waals surface area contributed by atoms with Crippen molar-refractivity contribution in [2.45, 2.75) is 32.0 Å². The van der Waals surface area contributed by atoms with Crippen LogP contribution in [0.5, 0.6) is 0 Å². The van der Waals surface area contributed by atoms with Crippen molar-refractivity contribution in [1.82, 2.24) is 30.0 Å². The maximum Gasteiger partial charge on any atom is 0.235 e. The van der Waals surface area contributed by atoms with Crippen LogP contribution in [-0.4, -0.2) is 41.6 Å². The minimum absolute atomic E-state index is 0.115. The van der Waals surface area contributed by atoms with E-state index in [1.165, 1.54) is 11.8 Å². The number of nitrogens with one attached hydrogen (secondary N) is 1. The Labute approximate surface area is 120 Å². The van der Waals surface area contributed by atoms with Crippen LogP contribution in [-0.2, 0) is 11.8 Å². The monoisotopic (exact) mass is 295 g/mol. The van der Waals surface area contributed by atoms with E-state index in [9.17, 15) is 4.79 Å². The molecule has 0 aliphatic heterocycles. The van der Waals surface area contributed by atoms with Gasteiger partial charge in [0.15, 0.2) is 0 Å². The Hall–Kier alpha value is -1.90. The van der Waals surface area contributed by atoms with E-state index in [0.717, 1.165) is 5.69 Å². The number of rotatable bonds is 5. The molecule has 1 amide bonds. The van der Waals surface area contributed by atoms with Crippen LogP contribution >= 0.6 is 11.8 Å². The number of amides is 1. The molecule has 8 nitrogen and oxygen atoms in total. The quantitative estimate of drug-likeness (QED) is 0.828. The molecule has 0 saturated carbocycles. The summed E-state index contributed by atoms with van der Waals surface area (Å²) in [6, 6.07) is 1.98. The van der Waals surface area contributed by atoms with Crippen molar-refractivity contribution < 1.29 is 4.79 Å². The summed E-state index contributed by atoms with van der Waals surface area (Å²) in [6.07, 6.45) is 0. The fraction of sp³-hybridized carbons (Fsp3) is 0.545. The van der Waals surface area contributed by atoms with E-state index >= 15 is 0 Å². The SMILES string of the molecule is Cc1cc(NC(=O)CSc2nnnn2C(C)C)n(C)n1. The Balaban J connectivity index is 1.92. The summed E-state index contributed by atoms with van der Waals surface area (Å²) in [5.74, 6) is 0.810. The molecule has 0 aliphatic carbocycles. The molecule has 20 heavy (non-hydrogen) atoms. The Morgan fingerprint density at radius 1 is 1.50 bits per heavy atom. The van der Waals surface area contributed by atoms with E-state index < -0.39 is 0 Å². The van der Waals surface area contributed by atoms with Gasteiger partial charge in [-0.15, -0.1) is 5.10 Å². The molecule has 0 saturated heterocycles. The highest BCUT2D eigenvalue weighted by Crippen LogP contribution is 2.17. The van der Waals surface area contributed by atoms with E-state index in [1.807, 2.05) is 26.8 Å². The van der Waals surface area contributed by atoms with Crippen molar-refractivity contribution in [2.75, 3.05) is 11.1 Å². The molecule has 0 fully saturated rings. The third-order valence-electron chi connectivity index (χ3n) is 2.55. The third kappa shape index (κ3) is 3.35. The lowest BCUT2D eigenvalue weighted by molar-refractivity contribution is -0.113. The second kappa shape index (κ2) is 6.04. The summed E-state index contributed by atoms with van der Waals surface area (Å²) in [7, 11) is 1.79. The summed E-state index contributed by atoms with van der Waals surface area (Å²) < 4.78 is 3.32. The molecular weight excluding hydrogens is 278 g/mol.